The lowest BCUT2D eigenvalue weighted by Crippen LogP contribution is -2.43. The Balaban J connectivity index is 1.67. The highest BCUT2D eigenvalue weighted by molar-refractivity contribution is 5.22. The largest absolute Gasteiger partial charge is 0.294 e. The van der Waals surface area contributed by atoms with E-state index in [9.17, 15) is 0 Å². The van der Waals surface area contributed by atoms with Crippen LogP contribution in [0.1, 0.15) is 50.1 Å². The van der Waals surface area contributed by atoms with E-state index in [0.29, 0.717) is 17.7 Å². The van der Waals surface area contributed by atoms with Gasteiger partial charge in [0.15, 0.2) is 0 Å². The molecule has 0 aromatic heterocycles. The molecule has 1 unspecified atom stereocenters. The summed E-state index contributed by atoms with van der Waals surface area (Å²) in [5.41, 5.74) is 1.82. The van der Waals surface area contributed by atoms with Crippen LogP contribution in [-0.2, 0) is 4.84 Å². The molecule has 17 heavy (non-hydrogen) atoms. The molecule has 1 aliphatic carbocycles. The molecule has 3 fully saturated rings. The number of fused-ring (bicyclic) bond motifs is 3. The van der Waals surface area contributed by atoms with Gasteiger partial charge >= 0.3 is 0 Å². The summed E-state index contributed by atoms with van der Waals surface area (Å²) in [6, 6.07) is 11.4. The Morgan fingerprint density at radius 1 is 1.12 bits per heavy atom. The number of piperidine rings is 1. The molecule has 1 aromatic rings. The van der Waals surface area contributed by atoms with E-state index in [4.69, 9.17) is 4.84 Å². The predicted octanol–water partition coefficient (Wildman–Crippen LogP) is 3.45. The van der Waals surface area contributed by atoms with E-state index >= 15 is 0 Å². The maximum atomic E-state index is 6.11. The third-order valence-electron chi connectivity index (χ3n) is 4.83. The SMILES string of the molecule is c1ccc([C@@H]2C[C@@H]3CC4(CCCC4)N2O3)cc1. The van der Waals surface area contributed by atoms with E-state index < -0.39 is 0 Å². The second-order valence-electron chi connectivity index (χ2n) is 5.85. The average molecular weight is 229 g/mol. The second kappa shape index (κ2) is 3.56. The molecule has 2 saturated heterocycles. The standard InChI is InChI=1S/C15H19NO/c1-2-6-12(7-3-1)14-10-13-11-15(16(14)17-13)8-4-5-9-15/h1-3,6-7,13-14H,4-5,8-11H2/t13-,14+/m1/s1. The van der Waals surface area contributed by atoms with Crippen molar-refractivity contribution < 1.29 is 4.84 Å². The molecule has 0 N–H and O–H groups in total. The van der Waals surface area contributed by atoms with Crippen molar-refractivity contribution >= 4 is 0 Å². The summed E-state index contributed by atoms with van der Waals surface area (Å²) in [7, 11) is 0. The predicted molar refractivity (Wildman–Crippen MR) is 66.3 cm³/mol. The van der Waals surface area contributed by atoms with Crippen LogP contribution < -0.4 is 0 Å². The van der Waals surface area contributed by atoms with E-state index in [1.165, 1.54) is 44.1 Å². The molecule has 3 aliphatic rings. The molecule has 1 saturated carbocycles. The van der Waals surface area contributed by atoms with E-state index in [1.54, 1.807) is 0 Å². The summed E-state index contributed by atoms with van der Waals surface area (Å²) in [4.78, 5) is 6.11. The van der Waals surface area contributed by atoms with Crippen LogP contribution in [0.3, 0.4) is 0 Å². The fourth-order valence-electron chi connectivity index (χ4n) is 4.10. The monoisotopic (exact) mass is 229 g/mol. The van der Waals surface area contributed by atoms with Crippen molar-refractivity contribution in [2.24, 2.45) is 0 Å². The van der Waals surface area contributed by atoms with Gasteiger partial charge in [0.05, 0.1) is 12.1 Å². The van der Waals surface area contributed by atoms with Crippen LogP contribution in [0, 0.1) is 0 Å². The van der Waals surface area contributed by atoms with Gasteiger partial charge in [-0.15, -0.1) is 0 Å². The highest BCUT2D eigenvalue weighted by atomic mass is 16.7. The van der Waals surface area contributed by atoms with Crippen molar-refractivity contribution in [1.29, 1.82) is 0 Å². The van der Waals surface area contributed by atoms with Crippen molar-refractivity contribution in [3.8, 4) is 0 Å². The van der Waals surface area contributed by atoms with Gasteiger partial charge in [-0.2, -0.15) is 5.06 Å². The number of nitrogens with zero attached hydrogens (tertiary/aromatic N) is 1. The van der Waals surface area contributed by atoms with Gasteiger partial charge in [-0.1, -0.05) is 43.2 Å². The van der Waals surface area contributed by atoms with Crippen LogP contribution >= 0.6 is 0 Å². The van der Waals surface area contributed by atoms with Gasteiger partial charge in [-0.3, -0.25) is 4.84 Å². The Kier molecular flexibility index (Phi) is 2.12. The zero-order valence-corrected chi connectivity index (χ0v) is 10.1. The fraction of sp³-hybridized carbons (Fsp3) is 0.600. The molecule has 2 bridgehead atoms. The Morgan fingerprint density at radius 3 is 2.59 bits per heavy atom. The highest BCUT2D eigenvalue weighted by Crippen LogP contribution is 2.55. The molecule has 90 valence electrons. The number of hydrogen-bond donors (Lipinski definition) is 0. The maximum absolute atomic E-state index is 6.11. The minimum atomic E-state index is 0.392. The van der Waals surface area contributed by atoms with Gasteiger partial charge in [0.25, 0.3) is 0 Å². The Hall–Kier alpha value is -0.860. The summed E-state index contributed by atoms with van der Waals surface area (Å²) in [6.07, 6.45) is 8.39. The van der Waals surface area contributed by atoms with E-state index in [0.717, 1.165) is 0 Å². The third kappa shape index (κ3) is 1.40. The smallest absolute Gasteiger partial charge is 0.0831 e. The van der Waals surface area contributed by atoms with Crippen LogP contribution in [0.25, 0.3) is 0 Å². The minimum absolute atomic E-state index is 0.392. The number of hydroxylamine groups is 2. The summed E-state index contributed by atoms with van der Waals surface area (Å²) >= 11 is 0. The lowest BCUT2D eigenvalue weighted by atomic mass is 9.82. The minimum Gasteiger partial charge on any atom is -0.294 e. The van der Waals surface area contributed by atoms with Crippen molar-refractivity contribution in [2.45, 2.75) is 56.2 Å². The first-order valence-corrected chi connectivity index (χ1v) is 6.88. The molecular weight excluding hydrogens is 210 g/mol. The normalized spacial score (nSPS) is 38.0. The Morgan fingerprint density at radius 2 is 1.88 bits per heavy atom. The zero-order chi connectivity index (χ0) is 11.3. The number of rotatable bonds is 1. The van der Waals surface area contributed by atoms with Crippen LogP contribution in [-0.4, -0.2) is 16.7 Å². The maximum Gasteiger partial charge on any atom is 0.0831 e. The molecule has 0 radical (unpaired) electrons. The van der Waals surface area contributed by atoms with Crippen molar-refractivity contribution in [2.75, 3.05) is 0 Å². The zero-order valence-electron chi connectivity index (χ0n) is 10.1. The summed E-state index contributed by atoms with van der Waals surface area (Å²) in [6.45, 7) is 0. The van der Waals surface area contributed by atoms with Crippen LogP contribution in [0.15, 0.2) is 30.3 Å². The lowest BCUT2D eigenvalue weighted by Gasteiger charge is -2.38. The Bertz CT molecular complexity index is 410. The van der Waals surface area contributed by atoms with E-state index in [2.05, 4.69) is 35.4 Å². The van der Waals surface area contributed by atoms with Crippen molar-refractivity contribution in [3.63, 3.8) is 0 Å². The molecule has 2 nitrogen and oxygen atoms in total. The quantitative estimate of drug-likeness (QED) is 0.731. The second-order valence-corrected chi connectivity index (χ2v) is 5.85. The molecule has 3 atom stereocenters. The van der Waals surface area contributed by atoms with Crippen LogP contribution in [0.2, 0.25) is 0 Å². The molecule has 2 aliphatic heterocycles. The van der Waals surface area contributed by atoms with Crippen LogP contribution in [0.5, 0.6) is 0 Å². The summed E-state index contributed by atoms with van der Waals surface area (Å²) in [5.74, 6) is 0. The van der Waals surface area contributed by atoms with Gasteiger partial charge in [-0.05, 0) is 31.2 Å². The third-order valence-corrected chi connectivity index (χ3v) is 4.83. The van der Waals surface area contributed by atoms with Crippen molar-refractivity contribution in [3.05, 3.63) is 35.9 Å². The fourth-order valence-corrected chi connectivity index (χ4v) is 4.10. The van der Waals surface area contributed by atoms with Gasteiger partial charge < -0.3 is 0 Å². The molecule has 2 heterocycles. The first-order chi connectivity index (χ1) is 8.37. The average Bonchev–Trinajstić information content (AvgIpc) is 3.06. The first kappa shape index (κ1) is 10.1. The number of hydrogen-bond acceptors (Lipinski definition) is 2. The molecule has 1 spiro atoms. The summed E-state index contributed by atoms with van der Waals surface area (Å²) in [5, 5.41) is 2.38. The van der Waals surface area contributed by atoms with Gasteiger partial charge in [0, 0.05) is 5.54 Å². The molecular formula is C15H19NO. The highest BCUT2D eigenvalue weighted by Gasteiger charge is 2.56. The first-order valence-electron chi connectivity index (χ1n) is 6.88. The Labute approximate surface area is 103 Å². The van der Waals surface area contributed by atoms with Crippen LogP contribution in [0.4, 0.5) is 0 Å². The lowest BCUT2D eigenvalue weighted by molar-refractivity contribution is -0.166. The van der Waals surface area contributed by atoms with E-state index in [1.807, 2.05) is 0 Å². The van der Waals surface area contributed by atoms with Crippen molar-refractivity contribution in [1.82, 2.24) is 5.06 Å². The topological polar surface area (TPSA) is 12.5 Å². The molecule has 1 aromatic carbocycles. The molecule has 2 heteroatoms. The van der Waals surface area contributed by atoms with Gasteiger partial charge in [0.1, 0.15) is 0 Å². The number of benzene rings is 1. The van der Waals surface area contributed by atoms with Gasteiger partial charge in [0.2, 0.25) is 0 Å². The van der Waals surface area contributed by atoms with Gasteiger partial charge in [-0.25, -0.2) is 0 Å². The molecule has 0 amide bonds. The van der Waals surface area contributed by atoms with E-state index in [-0.39, 0.29) is 0 Å². The summed E-state index contributed by atoms with van der Waals surface area (Å²) < 4.78 is 0. The molecule has 4 rings (SSSR count).